The average molecular weight is 379 g/mol. The third-order valence-electron chi connectivity index (χ3n) is 2.61. The molecule has 1 aromatic rings. The summed E-state index contributed by atoms with van der Waals surface area (Å²) in [5.41, 5.74) is -0.468. The Bertz CT molecular complexity index is 633. The van der Waals surface area contributed by atoms with Crippen LogP contribution in [0.4, 0.5) is 5.69 Å². The lowest BCUT2D eigenvalue weighted by molar-refractivity contribution is -0.387. The van der Waals surface area contributed by atoms with Gasteiger partial charge in [0.2, 0.25) is 10.0 Å². The first-order valence-electron chi connectivity index (χ1n) is 5.88. The van der Waals surface area contributed by atoms with Gasteiger partial charge < -0.3 is 4.74 Å². The lowest BCUT2D eigenvalue weighted by Gasteiger charge is -2.20. The molecule has 0 radical (unpaired) electrons. The Morgan fingerprint density at radius 1 is 1.52 bits per heavy atom. The molecule has 1 rings (SSSR count). The third-order valence-corrected chi connectivity index (χ3v) is 5.00. The second-order valence-corrected chi connectivity index (χ2v) is 6.84. The number of benzene rings is 1. The fourth-order valence-corrected chi connectivity index (χ4v) is 3.72. The second kappa shape index (κ2) is 7.64. The lowest BCUT2D eigenvalue weighted by Crippen LogP contribution is -2.34. The molecule has 21 heavy (non-hydrogen) atoms. The van der Waals surface area contributed by atoms with Crippen molar-refractivity contribution >= 4 is 31.6 Å². The second-order valence-electron chi connectivity index (χ2n) is 4.01. The molecule has 0 atom stereocenters. The first-order chi connectivity index (χ1) is 9.84. The molecule has 116 valence electrons. The van der Waals surface area contributed by atoms with Crippen molar-refractivity contribution in [1.29, 1.82) is 0 Å². The Kier molecular flexibility index (Phi) is 6.46. The summed E-state index contributed by atoms with van der Waals surface area (Å²) in [6, 6.07) is 3.79. The van der Waals surface area contributed by atoms with Crippen molar-refractivity contribution in [3.8, 4) is 0 Å². The van der Waals surface area contributed by atoms with E-state index in [1.165, 1.54) is 25.3 Å². The molecule has 0 unspecified atom stereocenters. The number of methoxy groups -OCH3 is 1. The SMILES string of the molecule is C=CCN(CCOC)S(=O)(=O)c1cc(Br)ccc1[N+](=O)[O-]. The van der Waals surface area contributed by atoms with E-state index in [0.29, 0.717) is 4.47 Å². The van der Waals surface area contributed by atoms with E-state index in [4.69, 9.17) is 4.74 Å². The minimum Gasteiger partial charge on any atom is -0.383 e. The smallest absolute Gasteiger partial charge is 0.289 e. The molecule has 0 spiro atoms. The van der Waals surface area contributed by atoms with Crippen molar-refractivity contribution in [3.05, 3.63) is 45.4 Å². The molecule has 0 aliphatic carbocycles. The summed E-state index contributed by atoms with van der Waals surface area (Å²) >= 11 is 3.13. The normalized spacial score (nSPS) is 11.6. The van der Waals surface area contributed by atoms with Crippen molar-refractivity contribution in [2.45, 2.75) is 4.90 Å². The number of hydrogen-bond acceptors (Lipinski definition) is 5. The van der Waals surface area contributed by atoms with Crippen LogP contribution in [0.25, 0.3) is 0 Å². The number of hydrogen-bond donors (Lipinski definition) is 0. The van der Waals surface area contributed by atoms with Crippen LogP contribution >= 0.6 is 15.9 Å². The summed E-state index contributed by atoms with van der Waals surface area (Å²) in [6.07, 6.45) is 1.41. The predicted molar refractivity (Wildman–Crippen MR) is 81.6 cm³/mol. The van der Waals surface area contributed by atoms with Crippen LogP contribution in [-0.2, 0) is 14.8 Å². The van der Waals surface area contributed by atoms with Gasteiger partial charge in [-0.1, -0.05) is 22.0 Å². The van der Waals surface area contributed by atoms with E-state index in [1.807, 2.05) is 0 Å². The van der Waals surface area contributed by atoms with Crippen LogP contribution in [-0.4, -0.2) is 44.5 Å². The summed E-state index contributed by atoms with van der Waals surface area (Å²) in [6.45, 7) is 3.79. The van der Waals surface area contributed by atoms with Gasteiger partial charge in [-0.2, -0.15) is 4.31 Å². The molecule has 0 amide bonds. The largest absolute Gasteiger partial charge is 0.383 e. The minimum atomic E-state index is -4.02. The summed E-state index contributed by atoms with van der Waals surface area (Å²) in [5, 5.41) is 11.0. The summed E-state index contributed by atoms with van der Waals surface area (Å²) in [5.74, 6) is 0. The van der Waals surface area contributed by atoms with E-state index in [1.54, 1.807) is 0 Å². The van der Waals surface area contributed by atoms with E-state index in [9.17, 15) is 18.5 Å². The molecule has 0 saturated heterocycles. The van der Waals surface area contributed by atoms with E-state index in [0.717, 1.165) is 10.4 Å². The van der Waals surface area contributed by atoms with Crippen molar-refractivity contribution in [2.75, 3.05) is 26.8 Å². The van der Waals surface area contributed by atoms with Crippen LogP contribution in [0.1, 0.15) is 0 Å². The Balaban J connectivity index is 3.35. The molecular formula is C12H15BrN2O5S. The molecular weight excluding hydrogens is 364 g/mol. The van der Waals surface area contributed by atoms with E-state index in [-0.39, 0.29) is 24.6 Å². The molecule has 0 bridgehead atoms. The zero-order valence-electron chi connectivity index (χ0n) is 11.4. The Hall–Kier alpha value is -1.29. The van der Waals surface area contributed by atoms with Gasteiger partial charge in [0.25, 0.3) is 5.69 Å². The van der Waals surface area contributed by atoms with Crippen LogP contribution < -0.4 is 0 Å². The first kappa shape index (κ1) is 17.8. The van der Waals surface area contributed by atoms with Gasteiger partial charge in [-0.05, 0) is 12.1 Å². The summed E-state index contributed by atoms with van der Waals surface area (Å²) in [4.78, 5) is 9.95. The molecule has 7 nitrogen and oxygen atoms in total. The number of nitro groups is 1. The monoisotopic (exact) mass is 378 g/mol. The van der Waals surface area contributed by atoms with Gasteiger partial charge in [-0.3, -0.25) is 10.1 Å². The fourth-order valence-electron chi connectivity index (χ4n) is 1.63. The Morgan fingerprint density at radius 3 is 2.71 bits per heavy atom. The highest BCUT2D eigenvalue weighted by Crippen LogP contribution is 2.29. The highest BCUT2D eigenvalue weighted by molar-refractivity contribution is 9.10. The molecule has 0 heterocycles. The van der Waals surface area contributed by atoms with Crippen molar-refractivity contribution in [3.63, 3.8) is 0 Å². The maximum atomic E-state index is 12.6. The maximum Gasteiger partial charge on any atom is 0.289 e. The van der Waals surface area contributed by atoms with E-state index in [2.05, 4.69) is 22.5 Å². The molecule has 0 N–H and O–H groups in total. The van der Waals surface area contributed by atoms with Crippen LogP contribution in [0.15, 0.2) is 40.2 Å². The maximum absolute atomic E-state index is 12.6. The quantitative estimate of drug-likeness (QED) is 0.392. The van der Waals surface area contributed by atoms with Crippen molar-refractivity contribution < 1.29 is 18.1 Å². The van der Waals surface area contributed by atoms with Gasteiger partial charge in [0.15, 0.2) is 4.90 Å². The topological polar surface area (TPSA) is 89.8 Å². The number of nitro benzene ring substituents is 1. The molecule has 1 aromatic carbocycles. The van der Waals surface area contributed by atoms with Crippen LogP contribution in [0.2, 0.25) is 0 Å². The molecule has 0 saturated carbocycles. The number of ether oxygens (including phenoxy) is 1. The predicted octanol–water partition coefficient (Wildman–Crippen LogP) is 2.18. The van der Waals surface area contributed by atoms with E-state index >= 15 is 0 Å². The zero-order chi connectivity index (χ0) is 16.0. The number of nitrogens with zero attached hydrogens (tertiary/aromatic N) is 2. The molecule has 0 aliphatic heterocycles. The summed E-state index contributed by atoms with van der Waals surface area (Å²) < 4.78 is 31.6. The van der Waals surface area contributed by atoms with E-state index < -0.39 is 20.6 Å². The third kappa shape index (κ3) is 4.34. The molecule has 0 aromatic heterocycles. The number of rotatable bonds is 8. The van der Waals surface area contributed by atoms with Gasteiger partial charge in [-0.25, -0.2) is 8.42 Å². The standard InChI is InChI=1S/C12H15BrN2O5S/c1-3-6-14(7-8-20-2)21(18,19)12-9-10(13)4-5-11(12)15(16)17/h3-5,9H,1,6-8H2,2H3. The van der Waals surface area contributed by atoms with Crippen molar-refractivity contribution in [1.82, 2.24) is 4.31 Å². The molecule has 0 fully saturated rings. The van der Waals surface area contributed by atoms with Gasteiger partial charge >= 0.3 is 0 Å². The number of halogens is 1. The number of sulfonamides is 1. The Morgan fingerprint density at radius 2 is 2.19 bits per heavy atom. The van der Waals surface area contributed by atoms with Crippen LogP contribution in [0.5, 0.6) is 0 Å². The minimum absolute atomic E-state index is 0.0371. The molecule has 0 aliphatic rings. The van der Waals surface area contributed by atoms with Gasteiger partial charge in [0.1, 0.15) is 0 Å². The summed E-state index contributed by atoms with van der Waals surface area (Å²) in [7, 11) is -2.58. The lowest BCUT2D eigenvalue weighted by atomic mass is 10.3. The van der Waals surface area contributed by atoms with Gasteiger partial charge in [0.05, 0.1) is 11.5 Å². The highest BCUT2D eigenvalue weighted by Gasteiger charge is 2.31. The van der Waals surface area contributed by atoms with Crippen LogP contribution in [0.3, 0.4) is 0 Å². The Labute approximate surface area is 131 Å². The average Bonchev–Trinajstić information content (AvgIpc) is 2.42. The van der Waals surface area contributed by atoms with Crippen molar-refractivity contribution in [2.24, 2.45) is 0 Å². The molecule has 9 heteroatoms. The highest BCUT2D eigenvalue weighted by atomic mass is 79.9. The first-order valence-corrected chi connectivity index (χ1v) is 8.11. The van der Waals surface area contributed by atoms with Crippen LogP contribution in [0, 0.1) is 10.1 Å². The van der Waals surface area contributed by atoms with Gasteiger partial charge in [-0.15, -0.1) is 6.58 Å². The fraction of sp³-hybridized carbons (Fsp3) is 0.333. The zero-order valence-corrected chi connectivity index (χ0v) is 13.8. The van der Waals surface area contributed by atoms with Gasteiger partial charge in [0, 0.05) is 30.7 Å².